The van der Waals surface area contributed by atoms with Crippen LogP contribution in [0.5, 0.6) is 0 Å². The average Bonchev–Trinajstić information content (AvgIpc) is 2.88. The Hall–Kier alpha value is -1.39. The molecule has 0 saturated carbocycles. The molecule has 0 atom stereocenters. The summed E-state index contributed by atoms with van der Waals surface area (Å²) >= 11 is 5.94. The van der Waals surface area contributed by atoms with Gasteiger partial charge in [0.25, 0.3) is 0 Å². The third-order valence-electron chi connectivity index (χ3n) is 3.20. The minimum atomic E-state index is -0.552. The normalized spacial score (nSPS) is 11.8. The molecule has 4 nitrogen and oxygen atoms in total. The van der Waals surface area contributed by atoms with Gasteiger partial charge >= 0.3 is 0 Å². The van der Waals surface area contributed by atoms with E-state index in [-0.39, 0.29) is 0 Å². The highest BCUT2D eigenvalue weighted by molar-refractivity contribution is 6.30. The lowest BCUT2D eigenvalue weighted by atomic mass is 9.94. The van der Waals surface area contributed by atoms with Crippen molar-refractivity contribution in [2.24, 2.45) is 5.73 Å². The summed E-state index contributed by atoms with van der Waals surface area (Å²) in [5.74, 6) is 0.992. The molecule has 0 radical (unpaired) electrons. The molecule has 0 spiro atoms. The van der Waals surface area contributed by atoms with E-state index in [0.29, 0.717) is 16.7 Å². The summed E-state index contributed by atoms with van der Waals surface area (Å²) in [7, 11) is 0. The second-order valence-corrected chi connectivity index (χ2v) is 4.73. The van der Waals surface area contributed by atoms with Gasteiger partial charge < -0.3 is 10.3 Å². The lowest BCUT2D eigenvalue weighted by Crippen LogP contribution is -2.35. The molecular weight excluding hydrogens is 250 g/mol. The smallest absolute Gasteiger partial charge is 0.247 e. The minimum Gasteiger partial charge on any atom is -0.337 e. The van der Waals surface area contributed by atoms with E-state index in [1.807, 2.05) is 26.0 Å². The topological polar surface area (TPSA) is 64.9 Å². The van der Waals surface area contributed by atoms with E-state index in [1.54, 1.807) is 12.1 Å². The van der Waals surface area contributed by atoms with Crippen molar-refractivity contribution in [3.05, 3.63) is 35.2 Å². The van der Waals surface area contributed by atoms with E-state index in [0.717, 1.165) is 18.4 Å². The molecule has 0 saturated heterocycles. The van der Waals surface area contributed by atoms with Crippen LogP contribution >= 0.6 is 11.6 Å². The Bertz CT molecular complexity index is 535. The summed E-state index contributed by atoms with van der Waals surface area (Å²) in [4.78, 5) is 4.37. The highest BCUT2D eigenvalue weighted by atomic mass is 35.5. The Morgan fingerprint density at radius 1 is 1.33 bits per heavy atom. The number of rotatable bonds is 4. The standard InChI is InChI=1S/C13H16ClN3O/c1-3-13(15,4-2)12-16-11(17-18-12)9-6-5-7-10(14)8-9/h5-8H,3-4,15H2,1-2H3. The first kappa shape index (κ1) is 13.1. The number of nitrogens with zero attached hydrogens (tertiary/aromatic N) is 2. The Morgan fingerprint density at radius 3 is 2.67 bits per heavy atom. The van der Waals surface area contributed by atoms with Gasteiger partial charge in [0, 0.05) is 10.6 Å². The molecule has 0 aliphatic heterocycles. The molecule has 0 unspecified atom stereocenters. The molecule has 0 amide bonds. The minimum absolute atomic E-state index is 0.475. The molecule has 5 heteroatoms. The number of hydrogen-bond donors (Lipinski definition) is 1. The predicted molar refractivity (Wildman–Crippen MR) is 71.2 cm³/mol. The van der Waals surface area contributed by atoms with Gasteiger partial charge in [0.2, 0.25) is 11.7 Å². The van der Waals surface area contributed by atoms with Gasteiger partial charge in [0.15, 0.2) is 0 Å². The van der Waals surface area contributed by atoms with Crippen LogP contribution < -0.4 is 5.73 Å². The van der Waals surface area contributed by atoms with Crippen LogP contribution in [-0.4, -0.2) is 10.1 Å². The van der Waals surface area contributed by atoms with Crippen LogP contribution in [0.25, 0.3) is 11.4 Å². The van der Waals surface area contributed by atoms with Gasteiger partial charge in [-0.15, -0.1) is 0 Å². The number of nitrogens with two attached hydrogens (primary N) is 1. The van der Waals surface area contributed by atoms with Crippen LogP contribution in [0.4, 0.5) is 0 Å². The first-order chi connectivity index (χ1) is 8.59. The van der Waals surface area contributed by atoms with E-state index < -0.39 is 5.54 Å². The fraction of sp³-hybridized carbons (Fsp3) is 0.385. The lowest BCUT2D eigenvalue weighted by molar-refractivity contribution is 0.268. The molecule has 0 aliphatic carbocycles. The van der Waals surface area contributed by atoms with Crippen molar-refractivity contribution >= 4 is 11.6 Å². The van der Waals surface area contributed by atoms with Gasteiger partial charge in [-0.2, -0.15) is 4.98 Å². The van der Waals surface area contributed by atoms with Crippen LogP contribution in [0.1, 0.15) is 32.6 Å². The zero-order valence-corrected chi connectivity index (χ0v) is 11.2. The zero-order valence-electron chi connectivity index (χ0n) is 10.5. The Labute approximate surface area is 111 Å². The van der Waals surface area contributed by atoms with E-state index in [2.05, 4.69) is 10.1 Å². The van der Waals surface area contributed by atoms with Crippen molar-refractivity contribution in [2.75, 3.05) is 0 Å². The van der Waals surface area contributed by atoms with Crippen molar-refractivity contribution in [3.63, 3.8) is 0 Å². The van der Waals surface area contributed by atoms with Gasteiger partial charge in [-0.3, -0.25) is 0 Å². The van der Waals surface area contributed by atoms with Crippen molar-refractivity contribution in [2.45, 2.75) is 32.2 Å². The third kappa shape index (κ3) is 2.40. The lowest BCUT2D eigenvalue weighted by Gasteiger charge is -2.20. The van der Waals surface area contributed by atoms with Gasteiger partial charge in [-0.1, -0.05) is 42.7 Å². The molecule has 1 heterocycles. The van der Waals surface area contributed by atoms with Gasteiger partial charge in [0.1, 0.15) is 0 Å². The molecule has 0 aliphatic rings. The molecule has 2 aromatic rings. The zero-order chi connectivity index (χ0) is 13.2. The Balaban J connectivity index is 2.36. The van der Waals surface area contributed by atoms with Gasteiger partial charge in [-0.05, 0) is 25.0 Å². The summed E-state index contributed by atoms with van der Waals surface area (Å²) in [5.41, 5.74) is 6.49. The fourth-order valence-corrected chi connectivity index (χ4v) is 1.91. The molecule has 1 aromatic heterocycles. The predicted octanol–water partition coefficient (Wildman–Crippen LogP) is 3.36. The van der Waals surface area contributed by atoms with Crippen LogP contribution in [0.3, 0.4) is 0 Å². The maximum absolute atomic E-state index is 6.22. The highest BCUT2D eigenvalue weighted by Gasteiger charge is 2.30. The largest absolute Gasteiger partial charge is 0.337 e. The monoisotopic (exact) mass is 265 g/mol. The molecule has 0 fully saturated rings. The summed E-state index contributed by atoms with van der Waals surface area (Å²) in [6.07, 6.45) is 1.50. The molecule has 0 bridgehead atoms. The molecule has 2 N–H and O–H groups in total. The summed E-state index contributed by atoms with van der Waals surface area (Å²) in [6.45, 7) is 4.01. The van der Waals surface area contributed by atoms with Gasteiger partial charge in [-0.25, -0.2) is 0 Å². The second kappa shape index (κ2) is 5.08. The summed E-state index contributed by atoms with van der Waals surface area (Å²) in [6, 6.07) is 7.34. The number of hydrogen-bond acceptors (Lipinski definition) is 4. The van der Waals surface area contributed by atoms with E-state index >= 15 is 0 Å². The summed E-state index contributed by atoms with van der Waals surface area (Å²) < 4.78 is 5.28. The number of halogens is 1. The first-order valence-electron chi connectivity index (χ1n) is 5.98. The Kier molecular flexibility index (Phi) is 3.68. The quantitative estimate of drug-likeness (QED) is 0.921. The Morgan fingerprint density at radius 2 is 2.06 bits per heavy atom. The number of aromatic nitrogens is 2. The third-order valence-corrected chi connectivity index (χ3v) is 3.43. The van der Waals surface area contributed by atoms with Crippen molar-refractivity contribution < 1.29 is 4.52 Å². The highest BCUT2D eigenvalue weighted by Crippen LogP contribution is 2.27. The van der Waals surface area contributed by atoms with Crippen LogP contribution in [0.15, 0.2) is 28.8 Å². The molecule has 1 aromatic carbocycles. The number of benzene rings is 1. The molecule has 96 valence electrons. The van der Waals surface area contributed by atoms with Crippen LogP contribution in [0, 0.1) is 0 Å². The van der Waals surface area contributed by atoms with Gasteiger partial charge in [0.05, 0.1) is 5.54 Å². The van der Waals surface area contributed by atoms with E-state index in [1.165, 1.54) is 0 Å². The maximum atomic E-state index is 6.22. The van der Waals surface area contributed by atoms with E-state index in [4.69, 9.17) is 21.9 Å². The van der Waals surface area contributed by atoms with Crippen molar-refractivity contribution in [3.8, 4) is 11.4 Å². The molecule has 18 heavy (non-hydrogen) atoms. The molecular formula is C13H16ClN3O. The van der Waals surface area contributed by atoms with Crippen molar-refractivity contribution in [1.29, 1.82) is 0 Å². The van der Waals surface area contributed by atoms with Crippen molar-refractivity contribution in [1.82, 2.24) is 10.1 Å². The fourth-order valence-electron chi connectivity index (χ4n) is 1.72. The second-order valence-electron chi connectivity index (χ2n) is 4.30. The summed E-state index contributed by atoms with van der Waals surface area (Å²) in [5, 5.41) is 4.61. The van der Waals surface area contributed by atoms with Crippen LogP contribution in [-0.2, 0) is 5.54 Å². The first-order valence-corrected chi connectivity index (χ1v) is 6.36. The van der Waals surface area contributed by atoms with E-state index in [9.17, 15) is 0 Å². The SMILES string of the molecule is CCC(N)(CC)c1nc(-c2cccc(Cl)c2)no1. The maximum Gasteiger partial charge on any atom is 0.247 e. The average molecular weight is 266 g/mol. The molecule has 2 rings (SSSR count). The van der Waals surface area contributed by atoms with Crippen LogP contribution in [0.2, 0.25) is 5.02 Å².